The van der Waals surface area contributed by atoms with Crippen molar-refractivity contribution in [1.29, 1.82) is 0 Å². The first kappa shape index (κ1) is 47.7. The van der Waals surface area contributed by atoms with Gasteiger partial charge in [0.1, 0.15) is 11.5 Å². The van der Waals surface area contributed by atoms with E-state index in [9.17, 15) is 9.59 Å². The zero-order chi connectivity index (χ0) is 39.8. The number of unbranched alkanes of at least 4 members (excludes halogenated alkanes) is 18. The van der Waals surface area contributed by atoms with Gasteiger partial charge >= 0.3 is 11.9 Å². The summed E-state index contributed by atoms with van der Waals surface area (Å²) in [6.07, 6.45) is 30.1. The van der Waals surface area contributed by atoms with Crippen molar-refractivity contribution in [1.82, 2.24) is 4.90 Å². The summed E-state index contributed by atoms with van der Waals surface area (Å²) < 4.78 is 22.8. The molecular weight excluding hydrogens is 707 g/mol. The molecular formula is C47H71NO6S. The van der Waals surface area contributed by atoms with E-state index in [2.05, 4.69) is 56.4 Å². The van der Waals surface area contributed by atoms with Gasteiger partial charge in [-0.3, -0.25) is 4.90 Å². The van der Waals surface area contributed by atoms with E-state index in [4.69, 9.17) is 25.4 Å². The topological polar surface area (TPSA) is 74.3 Å². The van der Waals surface area contributed by atoms with Gasteiger partial charge in [-0.05, 0) is 42.9 Å². The van der Waals surface area contributed by atoms with Crippen LogP contribution in [-0.2, 0) is 25.6 Å². The van der Waals surface area contributed by atoms with E-state index in [0.717, 1.165) is 68.6 Å². The fourth-order valence-electron chi connectivity index (χ4n) is 6.30. The van der Waals surface area contributed by atoms with Gasteiger partial charge in [0.05, 0.1) is 29.2 Å². The first-order valence-corrected chi connectivity index (χ1v) is 22.4. The first-order valence-electron chi connectivity index (χ1n) is 21.5. The summed E-state index contributed by atoms with van der Waals surface area (Å²) in [5.41, 5.74) is 2.04. The van der Waals surface area contributed by atoms with Gasteiger partial charge in [-0.15, -0.1) is 17.8 Å². The van der Waals surface area contributed by atoms with E-state index in [1.54, 1.807) is 23.5 Å². The zero-order valence-corrected chi connectivity index (χ0v) is 35.6. The van der Waals surface area contributed by atoms with E-state index < -0.39 is 11.9 Å². The van der Waals surface area contributed by atoms with E-state index >= 15 is 0 Å². The average Bonchev–Trinajstić information content (AvgIpc) is 3.65. The maximum Gasteiger partial charge on any atom is 0.344 e. The zero-order valence-electron chi connectivity index (χ0n) is 34.8. The number of terminal acetylenes is 1. The fraction of sp³-hybridized carbons (Fsp3) is 0.660. The molecule has 8 heteroatoms. The van der Waals surface area contributed by atoms with Gasteiger partial charge in [0, 0.05) is 18.7 Å². The number of carbonyl (C=O) groups excluding carboxylic acids is 2. The van der Waals surface area contributed by atoms with Crippen molar-refractivity contribution in [3.05, 3.63) is 45.1 Å². The SMILES string of the molecule is C#Cc1cc(OCC(=O)OCCCCCCCCCCCC)c(C#Cc2sccc2CN(CC)CC)cc1OCC(=O)OCCCCCCCCCCCC. The fourth-order valence-corrected chi connectivity index (χ4v) is 7.06. The van der Waals surface area contributed by atoms with Crippen LogP contribution in [-0.4, -0.2) is 56.4 Å². The summed E-state index contributed by atoms with van der Waals surface area (Å²) in [5.74, 6) is 8.96. The van der Waals surface area contributed by atoms with Gasteiger partial charge in [0.25, 0.3) is 0 Å². The van der Waals surface area contributed by atoms with Gasteiger partial charge < -0.3 is 18.9 Å². The Hall–Kier alpha value is -3.46. The highest BCUT2D eigenvalue weighted by atomic mass is 32.1. The molecule has 7 nitrogen and oxygen atoms in total. The molecule has 0 unspecified atom stereocenters. The molecule has 0 N–H and O–H groups in total. The van der Waals surface area contributed by atoms with Crippen LogP contribution in [0.1, 0.15) is 178 Å². The molecule has 1 aromatic heterocycles. The standard InChI is InChI=1S/C47H71NO6S/c1-6-11-13-15-17-19-21-23-25-27-32-51-46(49)38-53-43-36-41(29-30-45-42(31-34-55-45)37-48(9-4)10-5)44(35-40(43)8-3)54-39-47(50)52-33-28-26-24-22-20-18-16-14-12-7-2/h3,31,34-36H,6-7,9-28,32-33,37-39H2,1-2,4-5H3. The van der Waals surface area contributed by atoms with Crippen LogP contribution in [0.15, 0.2) is 23.6 Å². The number of nitrogens with zero attached hydrogens (tertiary/aromatic N) is 1. The molecule has 0 aliphatic carbocycles. The first-order chi connectivity index (χ1) is 26.9. The second-order valence-electron chi connectivity index (χ2n) is 14.4. The number of benzene rings is 1. The Balaban J connectivity index is 1.97. The van der Waals surface area contributed by atoms with Gasteiger partial charge in [0.15, 0.2) is 13.2 Å². The predicted octanol–water partition coefficient (Wildman–Crippen LogP) is 11.7. The van der Waals surface area contributed by atoms with Crippen molar-refractivity contribution in [3.63, 3.8) is 0 Å². The Labute approximate surface area is 338 Å². The molecule has 0 bridgehead atoms. The van der Waals surface area contributed by atoms with Crippen molar-refractivity contribution in [2.75, 3.05) is 39.5 Å². The molecule has 0 radical (unpaired) electrons. The lowest BCUT2D eigenvalue weighted by Crippen LogP contribution is -2.22. The van der Waals surface area contributed by atoms with E-state index in [1.807, 2.05) is 5.38 Å². The quantitative estimate of drug-likeness (QED) is 0.0416. The van der Waals surface area contributed by atoms with Crippen molar-refractivity contribution >= 4 is 23.3 Å². The lowest BCUT2D eigenvalue weighted by Gasteiger charge is -2.17. The third-order valence-electron chi connectivity index (χ3n) is 9.80. The lowest BCUT2D eigenvalue weighted by molar-refractivity contribution is -0.147. The van der Waals surface area contributed by atoms with Crippen LogP contribution >= 0.6 is 11.3 Å². The van der Waals surface area contributed by atoms with Crippen LogP contribution in [0.3, 0.4) is 0 Å². The smallest absolute Gasteiger partial charge is 0.344 e. The Bertz CT molecular complexity index is 1430. The Morgan fingerprint density at radius 3 is 1.51 bits per heavy atom. The van der Waals surface area contributed by atoms with E-state index in [-0.39, 0.29) is 13.2 Å². The van der Waals surface area contributed by atoms with Crippen LogP contribution in [0.2, 0.25) is 0 Å². The molecule has 2 aromatic rings. The molecule has 0 fully saturated rings. The Morgan fingerprint density at radius 1 is 0.618 bits per heavy atom. The second kappa shape index (κ2) is 31.7. The van der Waals surface area contributed by atoms with Gasteiger partial charge in [0.2, 0.25) is 0 Å². The number of thiophene rings is 1. The summed E-state index contributed by atoms with van der Waals surface area (Å²) in [4.78, 5) is 28.5. The minimum absolute atomic E-state index is 0.270. The third kappa shape index (κ3) is 22.0. The van der Waals surface area contributed by atoms with Crippen LogP contribution in [0.4, 0.5) is 0 Å². The van der Waals surface area contributed by atoms with Crippen molar-refractivity contribution in [3.8, 4) is 35.7 Å². The van der Waals surface area contributed by atoms with Gasteiger partial charge in [-0.1, -0.05) is 161 Å². The van der Waals surface area contributed by atoms with Gasteiger partial charge in [-0.2, -0.15) is 0 Å². The largest absolute Gasteiger partial charge is 0.481 e. The second-order valence-corrected chi connectivity index (χ2v) is 15.3. The number of esters is 2. The van der Waals surface area contributed by atoms with Crippen LogP contribution < -0.4 is 9.47 Å². The highest BCUT2D eigenvalue weighted by molar-refractivity contribution is 7.10. The summed E-state index contributed by atoms with van der Waals surface area (Å²) in [7, 11) is 0. The number of hydrogen-bond donors (Lipinski definition) is 0. The minimum atomic E-state index is -0.448. The molecule has 2 rings (SSSR count). The lowest BCUT2D eigenvalue weighted by atomic mass is 10.1. The molecule has 0 saturated carbocycles. The molecule has 0 aliphatic rings. The highest BCUT2D eigenvalue weighted by Crippen LogP contribution is 2.29. The molecule has 0 spiro atoms. The van der Waals surface area contributed by atoms with Gasteiger partial charge in [-0.25, -0.2) is 9.59 Å². The molecule has 55 heavy (non-hydrogen) atoms. The number of hydrogen-bond acceptors (Lipinski definition) is 8. The summed E-state index contributed by atoms with van der Waals surface area (Å²) in [6, 6.07) is 5.42. The summed E-state index contributed by atoms with van der Waals surface area (Å²) in [6.45, 7) is 11.7. The molecule has 0 atom stereocenters. The highest BCUT2D eigenvalue weighted by Gasteiger charge is 2.15. The molecule has 1 aromatic carbocycles. The molecule has 0 saturated heterocycles. The monoisotopic (exact) mass is 778 g/mol. The Kier molecular flexibility index (Phi) is 27.5. The maximum absolute atomic E-state index is 12.7. The van der Waals surface area contributed by atoms with E-state index in [0.29, 0.717) is 35.8 Å². The summed E-state index contributed by atoms with van der Waals surface area (Å²) >= 11 is 1.58. The molecule has 0 amide bonds. The minimum Gasteiger partial charge on any atom is -0.481 e. The third-order valence-corrected chi connectivity index (χ3v) is 10.7. The van der Waals surface area contributed by atoms with Crippen molar-refractivity contribution < 1.29 is 28.5 Å². The number of rotatable bonds is 32. The normalized spacial score (nSPS) is 10.8. The van der Waals surface area contributed by atoms with Crippen molar-refractivity contribution in [2.24, 2.45) is 0 Å². The van der Waals surface area contributed by atoms with Crippen LogP contribution in [0.5, 0.6) is 11.5 Å². The molecule has 306 valence electrons. The van der Waals surface area contributed by atoms with Crippen LogP contribution in [0, 0.1) is 24.2 Å². The number of ether oxygens (including phenoxy) is 4. The van der Waals surface area contributed by atoms with E-state index in [1.165, 1.54) is 89.9 Å². The van der Waals surface area contributed by atoms with Crippen molar-refractivity contribution in [2.45, 2.75) is 163 Å². The summed E-state index contributed by atoms with van der Waals surface area (Å²) in [5, 5.41) is 2.04. The Morgan fingerprint density at radius 2 is 1.05 bits per heavy atom. The number of carbonyl (C=O) groups is 2. The molecule has 0 aliphatic heterocycles. The van der Waals surface area contributed by atoms with Crippen LogP contribution in [0.25, 0.3) is 0 Å². The molecule has 1 heterocycles. The maximum atomic E-state index is 12.7. The average molecular weight is 778 g/mol. The predicted molar refractivity (Wildman–Crippen MR) is 228 cm³/mol.